The molecule has 0 saturated carbocycles. The van der Waals surface area contributed by atoms with Gasteiger partial charge in [-0.3, -0.25) is 9.69 Å². The molecule has 2 aromatic carbocycles. The highest BCUT2D eigenvalue weighted by molar-refractivity contribution is 6.74. The first-order valence-electron chi connectivity index (χ1n) is 17.2. The number of carbonyl (C=O) groups is 3. The van der Waals surface area contributed by atoms with Gasteiger partial charge in [0.25, 0.3) is 0 Å². The molecule has 1 fully saturated rings. The molecular formula is C38H53FN4O5Si. The first kappa shape index (κ1) is 36.6. The van der Waals surface area contributed by atoms with Gasteiger partial charge in [0, 0.05) is 44.4 Å². The Morgan fingerprint density at radius 3 is 2.22 bits per heavy atom. The number of nitrogens with zero attached hydrogens (tertiary/aromatic N) is 4. The van der Waals surface area contributed by atoms with E-state index in [0.717, 1.165) is 27.7 Å². The number of hydrogen-bond acceptors (Lipinski definition) is 5. The van der Waals surface area contributed by atoms with E-state index in [-0.39, 0.29) is 29.3 Å². The number of rotatable bonds is 4. The van der Waals surface area contributed by atoms with Crippen LogP contribution in [-0.4, -0.2) is 79.6 Å². The van der Waals surface area contributed by atoms with Gasteiger partial charge in [0.1, 0.15) is 11.4 Å². The summed E-state index contributed by atoms with van der Waals surface area (Å²) in [5.74, 6) is -0.569. The fraction of sp³-hybridized carbons (Fsp3) is 0.553. The van der Waals surface area contributed by atoms with E-state index in [1.165, 1.54) is 11.0 Å². The van der Waals surface area contributed by atoms with Crippen LogP contribution in [0.25, 0.3) is 10.9 Å². The number of para-hydroxylation sites is 1. The van der Waals surface area contributed by atoms with Crippen molar-refractivity contribution in [3.05, 3.63) is 65.1 Å². The minimum atomic E-state index is -2.26. The highest BCUT2D eigenvalue weighted by Gasteiger charge is 2.51. The van der Waals surface area contributed by atoms with Crippen LogP contribution in [0.1, 0.15) is 84.2 Å². The van der Waals surface area contributed by atoms with Crippen molar-refractivity contribution in [2.45, 2.75) is 103 Å². The van der Waals surface area contributed by atoms with Gasteiger partial charge in [-0.15, -0.1) is 0 Å². The van der Waals surface area contributed by atoms with Crippen LogP contribution in [0.4, 0.5) is 19.7 Å². The third-order valence-electron chi connectivity index (χ3n) is 10.7. The molecule has 0 N–H and O–H groups in total. The monoisotopic (exact) mass is 692 g/mol. The number of likely N-dealkylation sites (tertiary alicyclic amines) is 1. The predicted octanol–water partition coefficient (Wildman–Crippen LogP) is 8.39. The summed E-state index contributed by atoms with van der Waals surface area (Å²) in [7, 11) is -0.668. The summed E-state index contributed by atoms with van der Waals surface area (Å²) in [6.07, 6.45) is 0.608. The van der Waals surface area contributed by atoms with Gasteiger partial charge in [-0.25, -0.2) is 18.5 Å². The minimum Gasteiger partial charge on any atom is -0.443 e. The lowest BCUT2D eigenvalue weighted by Gasteiger charge is -2.51. The maximum absolute atomic E-state index is 14.6. The Kier molecular flexibility index (Phi) is 9.61. The van der Waals surface area contributed by atoms with Gasteiger partial charge < -0.3 is 19.0 Å². The molecule has 1 saturated heterocycles. The summed E-state index contributed by atoms with van der Waals surface area (Å²) in [5.41, 5.74) is 2.38. The lowest BCUT2D eigenvalue weighted by molar-refractivity contribution is -0.134. The minimum absolute atomic E-state index is 0.0586. The standard InChI is InChI=1S/C38H53FN4O5Si/c1-25-16-17-27-30(22-25)43(35(46)48-36(3,4)5)33-31(23-47-49(10,11)37(6,7)8)42(26(2)44)24-38(32(27)33)18-20-41(21-19-38)34(45)40(9)29-15-13-12-14-28(29)39/h12-17,22,31H,18-21,23-24H2,1-11H3/t31-/m0/s1. The number of fused-ring (bicyclic) bond motifs is 4. The Morgan fingerprint density at radius 2 is 1.65 bits per heavy atom. The zero-order valence-corrected chi connectivity index (χ0v) is 32.1. The van der Waals surface area contributed by atoms with Crippen molar-refractivity contribution in [2.24, 2.45) is 0 Å². The van der Waals surface area contributed by atoms with E-state index in [2.05, 4.69) is 46.0 Å². The first-order valence-corrected chi connectivity index (χ1v) is 20.2. The fourth-order valence-corrected chi connectivity index (χ4v) is 8.04. The first-order chi connectivity index (χ1) is 22.7. The van der Waals surface area contributed by atoms with Gasteiger partial charge in [0.2, 0.25) is 5.91 Å². The van der Waals surface area contributed by atoms with Gasteiger partial charge in [-0.05, 0) is 88.0 Å². The highest BCUT2D eigenvalue weighted by Crippen LogP contribution is 2.51. The molecule has 11 heteroatoms. The summed E-state index contributed by atoms with van der Waals surface area (Å²) in [6.45, 7) is 21.5. The molecule has 0 unspecified atom stereocenters. The van der Waals surface area contributed by atoms with Gasteiger partial charge in [0.05, 0.1) is 29.5 Å². The van der Waals surface area contributed by atoms with E-state index < -0.39 is 37.3 Å². The molecule has 3 heterocycles. The van der Waals surface area contributed by atoms with E-state index >= 15 is 0 Å². The van der Waals surface area contributed by atoms with Crippen LogP contribution in [0.3, 0.4) is 0 Å². The molecule has 2 aliphatic heterocycles. The average Bonchev–Trinajstić information content (AvgIpc) is 3.34. The van der Waals surface area contributed by atoms with E-state index in [9.17, 15) is 18.8 Å². The zero-order valence-electron chi connectivity index (χ0n) is 31.1. The van der Waals surface area contributed by atoms with Gasteiger partial charge in [0.15, 0.2) is 8.32 Å². The lowest BCUT2D eigenvalue weighted by atomic mass is 9.68. The second-order valence-corrected chi connectivity index (χ2v) is 21.2. The predicted molar refractivity (Wildman–Crippen MR) is 194 cm³/mol. The molecule has 3 amide bonds. The summed E-state index contributed by atoms with van der Waals surface area (Å²) in [4.78, 5) is 46.6. The second-order valence-electron chi connectivity index (χ2n) is 16.4. The zero-order chi connectivity index (χ0) is 36.3. The van der Waals surface area contributed by atoms with Crippen LogP contribution in [0.2, 0.25) is 18.1 Å². The Balaban J connectivity index is 1.65. The highest BCUT2D eigenvalue weighted by atomic mass is 28.4. The largest absolute Gasteiger partial charge is 0.443 e. The SMILES string of the molecule is CC(=O)N1CC2(CCN(C(=O)N(C)c3ccccc3F)CC2)c2c(n(C(=O)OC(C)(C)C)c3cc(C)ccc23)[C@@H]1CO[Si](C)(C)C(C)(C)C. The topological polar surface area (TPSA) is 84.3 Å². The Morgan fingerprint density at radius 1 is 1.02 bits per heavy atom. The van der Waals surface area contributed by atoms with Crippen molar-refractivity contribution in [3.8, 4) is 0 Å². The number of hydrogen-bond donors (Lipinski definition) is 0. The van der Waals surface area contributed by atoms with Gasteiger partial charge in [-0.2, -0.15) is 0 Å². The summed E-state index contributed by atoms with van der Waals surface area (Å²) >= 11 is 0. The summed E-state index contributed by atoms with van der Waals surface area (Å²) in [6, 6.07) is 11.6. The van der Waals surface area contributed by atoms with Crippen molar-refractivity contribution in [1.82, 2.24) is 14.4 Å². The van der Waals surface area contributed by atoms with Crippen LogP contribution in [-0.2, 0) is 19.4 Å². The molecule has 266 valence electrons. The summed E-state index contributed by atoms with van der Waals surface area (Å²) < 4.78 is 29.2. The number of piperidine rings is 1. The Labute approximate surface area is 291 Å². The van der Waals surface area contributed by atoms with E-state index in [1.54, 1.807) is 41.6 Å². The lowest BCUT2D eigenvalue weighted by Crippen LogP contribution is -2.57. The molecule has 0 bridgehead atoms. The van der Waals surface area contributed by atoms with Gasteiger partial charge in [-0.1, -0.05) is 45.0 Å². The van der Waals surface area contributed by atoms with Gasteiger partial charge >= 0.3 is 12.1 Å². The number of aryl methyl sites for hydroxylation is 1. The maximum atomic E-state index is 14.6. The molecule has 9 nitrogen and oxygen atoms in total. The number of carbonyl (C=O) groups excluding carboxylic acids is 3. The number of urea groups is 1. The number of benzene rings is 2. The molecule has 1 spiro atoms. The molecule has 49 heavy (non-hydrogen) atoms. The molecule has 3 aromatic rings. The third-order valence-corrected chi connectivity index (χ3v) is 15.2. The number of ether oxygens (including phenoxy) is 1. The van der Waals surface area contributed by atoms with E-state index in [4.69, 9.17) is 9.16 Å². The van der Waals surface area contributed by atoms with Crippen LogP contribution >= 0.6 is 0 Å². The Bertz CT molecular complexity index is 1760. The number of halogens is 1. The smallest absolute Gasteiger partial charge is 0.419 e. The maximum Gasteiger partial charge on any atom is 0.419 e. The average molecular weight is 693 g/mol. The number of amides is 3. The van der Waals surface area contributed by atoms with Crippen LogP contribution < -0.4 is 4.90 Å². The van der Waals surface area contributed by atoms with Crippen LogP contribution in [0.15, 0.2) is 42.5 Å². The number of aromatic nitrogens is 1. The van der Waals surface area contributed by atoms with Crippen LogP contribution in [0.5, 0.6) is 0 Å². The molecule has 1 aromatic heterocycles. The molecule has 0 aliphatic carbocycles. The third kappa shape index (κ3) is 6.88. The normalized spacial score (nSPS) is 18.1. The Hall–Kier alpha value is -3.70. The molecule has 1 atom stereocenters. The molecule has 0 radical (unpaired) electrons. The van der Waals surface area contributed by atoms with Crippen molar-refractivity contribution in [2.75, 3.05) is 38.2 Å². The van der Waals surface area contributed by atoms with Crippen molar-refractivity contribution >= 4 is 42.9 Å². The molecular weight excluding hydrogens is 640 g/mol. The van der Waals surface area contributed by atoms with Crippen molar-refractivity contribution < 1.29 is 27.9 Å². The second kappa shape index (κ2) is 12.9. The van der Waals surface area contributed by atoms with Crippen LogP contribution in [0, 0.1) is 12.7 Å². The molecule has 2 aliphatic rings. The van der Waals surface area contributed by atoms with Crippen molar-refractivity contribution in [1.29, 1.82) is 0 Å². The summed E-state index contributed by atoms with van der Waals surface area (Å²) in [5, 5.41) is 0.881. The fourth-order valence-electron chi connectivity index (χ4n) is 7.03. The van der Waals surface area contributed by atoms with E-state index in [1.807, 2.05) is 38.7 Å². The van der Waals surface area contributed by atoms with Crippen molar-refractivity contribution in [3.63, 3.8) is 0 Å². The van der Waals surface area contributed by atoms with E-state index in [0.29, 0.717) is 32.5 Å². The molecule has 5 rings (SSSR count). The quantitative estimate of drug-likeness (QED) is 0.257. The number of anilines is 1.